The van der Waals surface area contributed by atoms with Crippen LogP contribution in [0.5, 0.6) is 0 Å². The van der Waals surface area contributed by atoms with Gasteiger partial charge >= 0.3 is 5.97 Å². The quantitative estimate of drug-likeness (QED) is 0.698. The second-order valence-electron chi connectivity index (χ2n) is 4.06. The van der Waals surface area contributed by atoms with Gasteiger partial charge in [-0.3, -0.25) is 4.79 Å². The summed E-state index contributed by atoms with van der Waals surface area (Å²) >= 11 is 3.32. The average molecular weight is 319 g/mol. The maximum absolute atomic E-state index is 12.3. The van der Waals surface area contributed by atoms with Gasteiger partial charge in [0.15, 0.2) is 5.58 Å². The molecule has 0 saturated carbocycles. The first kappa shape index (κ1) is 11.9. The third-order valence-corrected chi connectivity index (χ3v) is 3.52. The molecule has 4 nitrogen and oxygen atoms in total. The van der Waals surface area contributed by atoms with Crippen molar-refractivity contribution in [1.29, 1.82) is 0 Å². The van der Waals surface area contributed by atoms with E-state index >= 15 is 0 Å². The van der Waals surface area contributed by atoms with Gasteiger partial charge < -0.3 is 9.52 Å². The van der Waals surface area contributed by atoms with E-state index in [0.717, 1.165) is 0 Å². The zero-order valence-corrected chi connectivity index (χ0v) is 11.1. The summed E-state index contributed by atoms with van der Waals surface area (Å²) in [5, 5.41) is 9.79. The number of hydrogen-bond acceptors (Lipinski definition) is 3. The van der Waals surface area contributed by atoms with E-state index in [1.54, 1.807) is 18.2 Å². The van der Waals surface area contributed by atoms with E-state index in [2.05, 4.69) is 15.9 Å². The lowest BCUT2D eigenvalue weighted by Crippen LogP contribution is -2.04. The Morgan fingerprint density at radius 2 is 1.95 bits per heavy atom. The fourth-order valence-corrected chi connectivity index (χ4v) is 2.42. The minimum absolute atomic E-state index is 0.0852. The molecule has 0 spiro atoms. The van der Waals surface area contributed by atoms with Crippen molar-refractivity contribution in [2.45, 2.75) is 0 Å². The Morgan fingerprint density at radius 3 is 2.68 bits per heavy atom. The van der Waals surface area contributed by atoms with Crippen LogP contribution in [0.4, 0.5) is 0 Å². The first-order valence-corrected chi connectivity index (χ1v) is 6.25. The summed E-state index contributed by atoms with van der Waals surface area (Å²) in [6, 6.07) is 9.42. The normalized spacial score (nSPS) is 11.0. The molecule has 0 aliphatic heterocycles. The van der Waals surface area contributed by atoms with Crippen LogP contribution >= 0.6 is 15.9 Å². The molecule has 0 bridgehead atoms. The van der Waals surface area contributed by atoms with Gasteiger partial charge in [0, 0.05) is 0 Å². The van der Waals surface area contributed by atoms with Gasteiger partial charge in [0.1, 0.15) is 5.58 Å². The van der Waals surface area contributed by atoms with Crippen LogP contribution in [-0.4, -0.2) is 11.1 Å². The van der Waals surface area contributed by atoms with Crippen molar-refractivity contribution in [3.63, 3.8) is 0 Å². The molecule has 1 N–H and O–H groups in total. The Bertz CT molecular complexity index is 880. The molecule has 94 valence electrons. The number of rotatable bonds is 1. The summed E-state index contributed by atoms with van der Waals surface area (Å²) in [6.07, 6.45) is 0. The first-order valence-electron chi connectivity index (χ1n) is 5.46. The molecule has 0 aliphatic rings. The predicted octanol–water partition coefficient (Wildman–Crippen LogP) is 3.41. The van der Waals surface area contributed by atoms with Crippen molar-refractivity contribution in [2.24, 2.45) is 0 Å². The Kier molecular flexibility index (Phi) is 2.64. The van der Waals surface area contributed by atoms with Crippen LogP contribution in [0, 0.1) is 0 Å². The fourth-order valence-electron chi connectivity index (χ4n) is 1.97. The molecule has 0 fully saturated rings. The van der Waals surface area contributed by atoms with E-state index in [1.165, 1.54) is 18.2 Å². The third-order valence-electron chi connectivity index (χ3n) is 2.90. The zero-order valence-electron chi connectivity index (χ0n) is 9.51. The first-order chi connectivity index (χ1) is 9.08. The van der Waals surface area contributed by atoms with E-state index in [4.69, 9.17) is 9.52 Å². The van der Waals surface area contributed by atoms with Crippen LogP contribution in [-0.2, 0) is 0 Å². The van der Waals surface area contributed by atoms with Gasteiger partial charge in [-0.1, -0.05) is 6.07 Å². The largest absolute Gasteiger partial charge is 0.478 e. The molecule has 0 saturated heterocycles. The Morgan fingerprint density at radius 1 is 1.16 bits per heavy atom. The van der Waals surface area contributed by atoms with E-state index < -0.39 is 5.97 Å². The Balaban J connectivity index is 2.51. The molecule has 3 rings (SSSR count). The number of benzene rings is 2. The van der Waals surface area contributed by atoms with E-state index in [0.29, 0.717) is 20.8 Å². The molecule has 1 heterocycles. The summed E-state index contributed by atoms with van der Waals surface area (Å²) in [4.78, 5) is 23.2. The van der Waals surface area contributed by atoms with Crippen molar-refractivity contribution in [2.75, 3.05) is 0 Å². The van der Waals surface area contributed by atoms with E-state index in [9.17, 15) is 9.59 Å². The van der Waals surface area contributed by atoms with Gasteiger partial charge in [-0.05, 0) is 46.3 Å². The predicted molar refractivity (Wildman–Crippen MR) is 74.6 cm³/mol. The van der Waals surface area contributed by atoms with Crippen molar-refractivity contribution in [3.8, 4) is 0 Å². The highest BCUT2D eigenvalue weighted by Crippen LogP contribution is 2.25. The third kappa shape index (κ3) is 1.82. The Labute approximate surface area is 115 Å². The summed E-state index contributed by atoms with van der Waals surface area (Å²) in [6.45, 7) is 0. The number of para-hydroxylation sites is 1. The standard InChI is InChI=1S/C14H7BrO4/c15-10-3-1-2-9-12(16)8-5-4-7(14(17)18)6-11(8)19-13(9)10/h1-6H,(H,17,18). The summed E-state index contributed by atoms with van der Waals surface area (Å²) in [5.74, 6) is -1.06. The van der Waals surface area contributed by atoms with Crippen LogP contribution < -0.4 is 5.43 Å². The number of carbonyl (C=O) groups is 1. The summed E-state index contributed by atoms with van der Waals surface area (Å²) in [7, 11) is 0. The molecule has 0 amide bonds. The summed E-state index contributed by atoms with van der Waals surface area (Å²) < 4.78 is 6.30. The molecule has 1 aromatic heterocycles. The highest BCUT2D eigenvalue weighted by atomic mass is 79.9. The molecule has 0 atom stereocenters. The number of aromatic carboxylic acids is 1. The molecule has 0 aliphatic carbocycles. The highest BCUT2D eigenvalue weighted by molar-refractivity contribution is 9.10. The molecule has 19 heavy (non-hydrogen) atoms. The maximum Gasteiger partial charge on any atom is 0.335 e. The fraction of sp³-hybridized carbons (Fsp3) is 0. The second kappa shape index (κ2) is 4.20. The highest BCUT2D eigenvalue weighted by Gasteiger charge is 2.12. The summed E-state index contributed by atoms with van der Waals surface area (Å²) in [5.41, 5.74) is 0.600. The van der Waals surface area contributed by atoms with Gasteiger partial charge in [-0.25, -0.2) is 4.79 Å². The molecular weight excluding hydrogens is 312 g/mol. The molecule has 5 heteroatoms. The van der Waals surface area contributed by atoms with Gasteiger partial charge in [0.25, 0.3) is 0 Å². The van der Waals surface area contributed by atoms with Crippen LogP contribution in [0.3, 0.4) is 0 Å². The van der Waals surface area contributed by atoms with Crippen molar-refractivity contribution < 1.29 is 14.3 Å². The lowest BCUT2D eigenvalue weighted by atomic mass is 10.1. The Hall–Kier alpha value is -2.14. The molecular formula is C14H7BrO4. The van der Waals surface area contributed by atoms with E-state index in [-0.39, 0.29) is 16.6 Å². The van der Waals surface area contributed by atoms with Gasteiger partial charge in [0.2, 0.25) is 5.43 Å². The van der Waals surface area contributed by atoms with Crippen LogP contribution in [0.15, 0.2) is 50.1 Å². The van der Waals surface area contributed by atoms with Gasteiger partial charge in [-0.2, -0.15) is 0 Å². The number of halogens is 1. The smallest absolute Gasteiger partial charge is 0.335 e. The van der Waals surface area contributed by atoms with Gasteiger partial charge in [-0.15, -0.1) is 0 Å². The lowest BCUT2D eigenvalue weighted by molar-refractivity contribution is 0.0697. The monoisotopic (exact) mass is 318 g/mol. The maximum atomic E-state index is 12.3. The van der Waals surface area contributed by atoms with Crippen molar-refractivity contribution in [1.82, 2.24) is 0 Å². The van der Waals surface area contributed by atoms with Crippen LogP contribution in [0.2, 0.25) is 0 Å². The van der Waals surface area contributed by atoms with Crippen LogP contribution in [0.25, 0.3) is 21.9 Å². The van der Waals surface area contributed by atoms with Crippen molar-refractivity contribution in [3.05, 3.63) is 56.7 Å². The van der Waals surface area contributed by atoms with E-state index in [1.807, 2.05) is 0 Å². The zero-order chi connectivity index (χ0) is 13.6. The minimum atomic E-state index is -1.06. The minimum Gasteiger partial charge on any atom is -0.478 e. The molecule has 2 aromatic carbocycles. The topological polar surface area (TPSA) is 67.5 Å². The number of carboxylic acid groups (broad SMARTS) is 1. The number of hydrogen-bond donors (Lipinski definition) is 1. The van der Waals surface area contributed by atoms with Crippen molar-refractivity contribution >= 4 is 43.8 Å². The number of fused-ring (bicyclic) bond motifs is 2. The molecule has 0 unspecified atom stereocenters. The molecule has 0 radical (unpaired) electrons. The lowest BCUT2D eigenvalue weighted by Gasteiger charge is -2.03. The second-order valence-corrected chi connectivity index (χ2v) is 4.92. The number of carboxylic acids is 1. The van der Waals surface area contributed by atoms with Crippen LogP contribution in [0.1, 0.15) is 10.4 Å². The SMILES string of the molecule is O=C(O)c1ccc2c(=O)c3cccc(Br)c3oc2c1. The average Bonchev–Trinajstić information content (AvgIpc) is 2.40. The molecule has 3 aromatic rings. The van der Waals surface area contributed by atoms with Gasteiger partial charge in [0.05, 0.1) is 20.8 Å².